The van der Waals surface area contributed by atoms with Gasteiger partial charge >= 0.3 is 0 Å². The first-order chi connectivity index (χ1) is 12.8. The van der Waals surface area contributed by atoms with Crippen molar-refractivity contribution in [2.24, 2.45) is 0 Å². The first kappa shape index (κ1) is 19.6. The number of amides is 1. The van der Waals surface area contributed by atoms with Crippen LogP contribution in [0.5, 0.6) is 0 Å². The minimum atomic E-state index is -0.862. The molecule has 3 heterocycles. The third kappa shape index (κ3) is 3.92. The Morgan fingerprint density at radius 1 is 1.52 bits per heavy atom. The van der Waals surface area contributed by atoms with Crippen LogP contribution in [0, 0.1) is 0 Å². The molecule has 0 aromatic carbocycles. The minimum Gasteiger partial charge on any atom is -0.388 e. The quantitative estimate of drug-likeness (QED) is 0.520. The van der Waals surface area contributed by atoms with Gasteiger partial charge in [0.25, 0.3) is 5.56 Å². The normalized spacial score (nSPS) is 27.5. The van der Waals surface area contributed by atoms with E-state index in [0.29, 0.717) is 44.8 Å². The van der Waals surface area contributed by atoms with Crippen molar-refractivity contribution >= 4 is 17.7 Å². The molecule has 0 unspecified atom stereocenters. The molecule has 0 aliphatic carbocycles. The number of aliphatic hydroxyl groups is 1. The number of aromatic nitrogens is 2. The molecule has 1 amide bonds. The molecular weight excluding hydrogens is 354 g/mol. The summed E-state index contributed by atoms with van der Waals surface area (Å²) in [6, 6.07) is 1.40. The van der Waals surface area contributed by atoms with E-state index in [4.69, 9.17) is 15.2 Å². The molecule has 1 aromatic rings. The van der Waals surface area contributed by atoms with Crippen molar-refractivity contribution < 1.29 is 19.4 Å². The number of ether oxygens (including phenoxy) is 2. The number of nitrogens with two attached hydrogens (primary N) is 1. The Morgan fingerprint density at radius 3 is 2.85 bits per heavy atom. The standard InChI is InChI=1S/C17H27N5O5/c1-16(21-13(24)10-26-2)5-8-27-17(14(16)25)3-6-22(7-4-17)11-9-12(23)20-15(18)19-11/h9,14,25H,3-8,10H2,1-2H3,(H,21,24)(H3,18,19,20,23)/t14-,16+/m0/s1. The van der Waals surface area contributed by atoms with E-state index in [2.05, 4.69) is 15.3 Å². The van der Waals surface area contributed by atoms with Gasteiger partial charge in [0.05, 0.1) is 11.1 Å². The number of hydrogen-bond donors (Lipinski definition) is 4. The third-order valence-corrected chi connectivity index (χ3v) is 5.49. The van der Waals surface area contributed by atoms with Gasteiger partial charge in [0, 0.05) is 32.9 Å². The molecule has 27 heavy (non-hydrogen) atoms. The molecule has 2 saturated heterocycles. The van der Waals surface area contributed by atoms with Crippen molar-refractivity contribution in [3.63, 3.8) is 0 Å². The molecule has 150 valence electrons. The molecule has 0 saturated carbocycles. The molecule has 2 aliphatic heterocycles. The first-order valence-electron chi connectivity index (χ1n) is 9.02. The fourth-order valence-electron chi connectivity index (χ4n) is 4.04. The molecular formula is C17H27N5O5. The lowest BCUT2D eigenvalue weighted by atomic mass is 9.73. The molecule has 1 spiro atoms. The predicted molar refractivity (Wildman–Crippen MR) is 98.4 cm³/mol. The van der Waals surface area contributed by atoms with Crippen molar-refractivity contribution in [1.29, 1.82) is 0 Å². The van der Waals surface area contributed by atoms with Crippen LogP contribution in [-0.2, 0) is 14.3 Å². The van der Waals surface area contributed by atoms with Crippen LogP contribution in [0.1, 0.15) is 26.2 Å². The Hall–Kier alpha value is -2.17. The number of aromatic amines is 1. The molecule has 5 N–H and O–H groups in total. The smallest absolute Gasteiger partial charge is 0.254 e. The second-order valence-corrected chi connectivity index (χ2v) is 7.44. The van der Waals surface area contributed by atoms with Gasteiger partial charge in [-0.25, -0.2) is 0 Å². The topological polar surface area (TPSA) is 143 Å². The van der Waals surface area contributed by atoms with Gasteiger partial charge in [0.15, 0.2) is 0 Å². The Kier molecular flexibility index (Phi) is 5.41. The highest BCUT2D eigenvalue weighted by molar-refractivity contribution is 5.78. The van der Waals surface area contributed by atoms with E-state index in [1.165, 1.54) is 13.2 Å². The van der Waals surface area contributed by atoms with Crippen LogP contribution >= 0.6 is 0 Å². The van der Waals surface area contributed by atoms with E-state index in [1.807, 2.05) is 11.8 Å². The summed E-state index contributed by atoms with van der Waals surface area (Å²) in [6.07, 6.45) is 0.733. The van der Waals surface area contributed by atoms with Gasteiger partial charge in [-0.2, -0.15) is 4.98 Å². The number of piperidine rings is 1. The molecule has 2 fully saturated rings. The number of nitrogens with one attached hydrogen (secondary N) is 2. The number of carbonyl (C=O) groups excluding carboxylic acids is 1. The van der Waals surface area contributed by atoms with Crippen molar-refractivity contribution in [3.8, 4) is 0 Å². The lowest BCUT2D eigenvalue weighted by molar-refractivity contribution is -0.198. The van der Waals surface area contributed by atoms with Crippen molar-refractivity contribution in [2.45, 2.75) is 43.4 Å². The van der Waals surface area contributed by atoms with Gasteiger partial charge in [-0.1, -0.05) is 0 Å². The minimum absolute atomic E-state index is 0.0560. The molecule has 1 aromatic heterocycles. The summed E-state index contributed by atoms with van der Waals surface area (Å²) in [4.78, 5) is 32.2. The summed E-state index contributed by atoms with van der Waals surface area (Å²) < 4.78 is 10.9. The SMILES string of the molecule is COCC(=O)N[C@]1(C)CCOC2(CCN(c3cc(=O)[nH]c(N)n3)CC2)[C@H]1O. The van der Waals surface area contributed by atoms with Crippen molar-refractivity contribution in [2.75, 3.05) is 44.0 Å². The highest BCUT2D eigenvalue weighted by Gasteiger charge is 2.53. The Balaban J connectivity index is 1.72. The number of H-pyrrole nitrogens is 1. The highest BCUT2D eigenvalue weighted by Crippen LogP contribution is 2.40. The number of rotatable bonds is 4. The Bertz CT molecular complexity index is 745. The van der Waals surface area contributed by atoms with E-state index >= 15 is 0 Å². The van der Waals surface area contributed by atoms with E-state index < -0.39 is 17.2 Å². The van der Waals surface area contributed by atoms with E-state index in [-0.39, 0.29) is 24.0 Å². The fraction of sp³-hybridized carbons (Fsp3) is 0.706. The predicted octanol–water partition coefficient (Wildman–Crippen LogP) is -1.01. The second-order valence-electron chi connectivity index (χ2n) is 7.44. The number of carbonyl (C=O) groups is 1. The zero-order valence-corrected chi connectivity index (χ0v) is 15.7. The summed E-state index contributed by atoms with van der Waals surface area (Å²) >= 11 is 0. The highest BCUT2D eigenvalue weighted by atomic mass is 16.5. The maximum atomic E-state index is 12.0. The summed E-state index contributed by atoms with van der Waals surface area (Å²) in [5.41, 5.74) is 3.77. The first-order valence-corrected chi connectivity index (χ1v) is 9.02. The van der Waals surface area contributed by atoms with Crippen LogP contribution in [0.15, 0.2) is 10.9 Å². The number of anilines is 2. The monoisotopic (exact) mass is 381 g/mol. The second kappa shape index (κ2) is 7.45. The molecule has 2 aliphatic rings. The zero-order chi connectivity index (χ0) is 19.7. The largest absolute Gasteiger partial charge is 0.388 e. The number of methoxy groups -OCH3 is 1. The fourth-order valence-corrected chi connectivity index (χ4v) is 4.04. The van der Waals surface area contributed by atoms with Gasteiger partial charge in [-0.15, -0.1) is 0 Å². The van der Waals surface area contributed by atoms with Crippen molar-refractivity contribution in [1.82, 2.24) is 15.3 Å². The molecule has 2 atom stereocenters. The molecule has 0 bridgehead atoms. The lowest BCUT2D eigenvalue weighted by Crippen LogP contribution is -2.69. The molecule has 10 nitrogen and oxygen atoms in total. The Morgan fingerprint density at radius 2 is 2.22 bits per heavy atom. The summed E-state index contributed by atoms with van der Waals surface area (Å²) in [5, 5.41) is 14.0. The van der Waals surface area contributed by atoms with Crippen LogP contribution in [-0.4, -0.2) is 71.6 Å². The van der Waals surface area contributed by atoms with Gasteiger partial charge < -0.3 is 30.5 Å². The van der Waals surface area contributed by atoms with Crippen LogP contribution in [0.2, 0.25) is 0 Å². The summed E-state index contributed by atoms with van der Waals surface area (Å²) in [5.74, 6) is 0.310. The summed E-state index contributed by atoms with van der Waals surface area (Å²) in [6.45, 7) is 3.32. The number of nitrogens with zero attached hydrogens (tertiary/aromatic N) is 2. The Labute approximate surface area is 157 Å². The van der Waals surface area contributed by atoms with E-state index in [9.17, 15) is 14.7 Å². The van der Waals surface area contributed by atoms with Gasteiger partial charge in [-0.05, 0) is 26.2 Å². The molecule has 0 radical (unpaired) electrons. The third-order valence-electron chi connectivity index (χ3n) is 5.49. The average Bonchev–Trinajstić information content (AvgIpc) is 2.60. The van der Waals surface area contributed by atoms with Gasteiger partial charge in [-0.3, -0.25) is 14.6 Å². The maximum absolute atomic E-state index is 12.0. The van der Waals surface area contributed by atoms with Gasteiger partial charge in [0.1, 0.15) is 18.5 Å². The molecule has 3 rings (SSSR count). The van der Waals surface area contributed by atoms with Crippen molar-refractivity contribution in [3.05, 3.63) is 16.4 Å². The van der Waals surface area contributed by atoms with E-state index in [0.717, 1.165) is 0 Å². The number of aliphatic hydroxyl groups excluding tert-OH is 1. The van der Waals surface area contributed by atoms with Gasteiger partial charge in [0.2, 0.25) is 11.9 Å². The van der Waals surface area contributed by atoms with Crippen LogP contribution < -0.4 is 21.5 Å². The van der Waals surface area contributed by atoms with Crippen LogP contribution in [0.3, 0.4) is 0 Å². The molecule has 10 heteroatoms. The average molecular weight is 381 g/mol. The number of nitrogen functional groups attached to an aromatic ring is 1. The van der Waals surface area contributed by atoms with Crippen LogP contribution in [0.4, 0.5) is 11.8 Å². The zero-order valence-electron chi connectivity index (χ0n) is 15.7. The lowest BCUT2D eigenvalue weighted by Gasteiger charge is -2.53. The summed E-state index contributed by atoms with van der Waals surface area (Å²) in [7, 11) is 1.45. The van der Waals surface area contributed by atoms with Crippen LogP contribution in [0.25, 0.3) is 0 Å². The van der Waals surface area contributed by atoms with E-state index in [1.54, 1.807) is 0 Å². The number of hydrogen-bond acceptors (Lipinski definition) is 8. The maximum Gasteiger partial charge on any atom is 0.254 e.